The molecule has 0 bridgehead atoms. The van der Waals surface area contributed by atoms with E-state index in [2.05, 4.69) is 24.0 Å². The van der Waals surface area contributed by atoms with Crippen LogP contribution in [0.3, 0.4) is 0 Å². The zero-order valence-electron chi connectivity index (χ0n) is 13.5. The first-order valence-electron chi connectivity index (χ1n) is 8.42. The molecule has 2 heterocycles. The number of likely N-dealkylation sites (tertiary alicyclic amines) is 1. The van der Waals surface area contributed by atoms with Crippen molar-refractivity contribution >= 4 is 5.91 Å². The topological polar surface area (TPSA) is 85.3 Å². The molecule has 1 unspecified atom stereocenters. The predicted octanol–water partition coefficient (Wildman–Crippen LogP) is 2.03. The molecule has 2 fully saturated rings. The molecule has 1 aliphatic carbocycles. The van der Waals surface area contributed by atoms with E-state index in [9.17, 15) is 4.79 Å². The molecule has 2 aliphatic rings. The minimum atomic E-state index is -0.397. The number of carbonyl (C=O) groups excluding carboxylic acids is 1. The number of aromatic nitrogens is 2. The average molecular weight is 306 g/mol. The molecule has 6 nitrogen and oxygen atoms in total. The SMILES string of the molecule is CC(C)C[C@H](N)C(=O)N1CCCC(c2noc(C3CC3)n2)C1. The van der Waals surface area contributed by atoms with Gasteiger partial charge in [0, 0.05) is 24.9 Å². The van der Waals surface area contributed by atoms with Gasteiger partial charge in [-0.2, -0.15) is 4.98 Å². The molecule has 0 aromatic carbocycles. The van der Waals surface area contributed by atoms with Crippen LogP contribution in [0.5, 0.6) is 0 Å². The van der Waals surface area contributed by atoms with Crippen molar-refractivity contribution in [2.45, 2.75) is 63.8 Å². The summed E-state index contributed by atoms with van der Waals surface area (Å²) in [5.41, 5.74) is 6.04. The molecule has 6 heteroatoms. The van der Waals surface area contributed by atoms with Crippen LogP contribution < -0.4 is 5.73 Å². The second kappa shape index (κ2) is 6.36. The number of hydrogen-bond acceptors (Lipinski definition) is 5. The Morgan fingerprint density at radius 3 is 2.82 bits per heavy atom. The molecule has 2 atom stereocenters. The summed E-state index contributed by atoms with van der Waals surface area (Å²) >= 11 is 0. The Hall–Kier alpha value is -1.43. The number of amides is 1. The van der Waals surface area contributed by atoms with Crippen molar-refractivity contribution in [3.05, 3.63) is 11.7 Å². The van der Waals surface area contributed by atoms with Crippen LogP contribution in [0.15, 0.2) is 4.52 Å². The highest BCUT2D eigenvalue weighted by Crippen LogP contribution is 2.39. The van der Waals surface area contributed by atoms with E-state index in [1.165, 1.54) is 0 Å². The molecule has 0 radical (unpaired) electrons. The molecule has 122 valence electrons. The van der Waals surface area contributed by atoms with Crippen LogP contribution in [0.25, 0.3) is 0 Å². The fourth-order valence-corrected chi connectivity index (χ4v) is 3.14. The number of piperidine rings is 1. The van der Waals surface area contributed by atoms with Crippen LogP contribution in [0.4, 0.5) is 0 Å². The van der Waals surface area contributed by atoms with Crippen LogP contribution in [0, 0.1) is 5.92 Å². The Balaban J connectivity index is 1.61. The second-order valence-corrected chi connectivity index (χ2v) is 7.12. The molecular weight excluding hydrogens is 280 g/mol. The standard InChI is InChI=1S/C16H26N4O2/c1-10(2)8-13(17)16(21)20-7-3-4-12(9-20)14-18-15(22-19-14)11-5-6-11/h10-13H,3-9,17H2,1-2H3/t12?,13-/m0/s1. The summed E-state index contributed by atoms with van der Waals surface area (Å²) in [6, 6.07) is -0.397. The maximum Gasteiger partial charge on any atom is 0.239 e. The quantitative estimate of drug-likeness (QED) is 0.899. The summed E-state index contributed by atoms with van der Waals surface area (Å²) in [4.78, 5) is 18.9. The highest BCUT2D eigenvalue weighted by molar-refractivity contribution is 5.81. The van der Waals surface area contributed by atoms with Crippen molar-refractivity contribution in [3.8, 4) is 0 Å². The summed E-state index contributed by atoms with van der Waals surface area (Å²) in [5, 5.41) is 4.13. The second-order valence-electron chi connectivity index (χ2n) is 7.12. The van der Waals surface area contributed by atoms with E-state index < -0.39 is 6.04 Å². The molecule has 2 N–H and O–H groups in total. The first-order valence-corrected chi connectivity index (χ1v) is 8.42. The van der Waals surface area contributed by atoms with Crippen molar-refractivity contribution in [1.29, 1.82) is 0 Å². The van der Waals surface area contributed by atoms with Crippen LogP contribution in [0.1, 0.15) is 69.5 Å². The van der Waals surface area contributed by atoms with Gasteiger partial charge in [-0.15, -0.1) is 0 Å². The van der Waals surface area contributed by atoms with Crippen LogP contribution in [-0.4, -0.2) is 40.1 Å². The lowest BCUT2D eigenvalue weighted by molar-refractivity contribution is -0.134. The molecular formula is C16H26N4O2. The van der Waals surface area contributed by atoms with E-state index >= 15 is 0 Å². The molecule has 1 saturated heterocycles. The van der Waals surface area contributed by atoms with Gasteiger partial charge < -0.3 is 15.2 Å². The predicted molar refractivity (Wildman–Crippen MR) is 82.3 cm³/mol. The van der Waals surface area contributed by atoms with Crippen molar-refractivity contribution in [2.75, 3.05) is 13.1 Å². The van der Waals surface area contributed by atoms with Gasteiger partial charge in [0.2, 0.25) is 11.8 Å². The normalized spacial score (nSPS) is 23.8. The number of carbonyl (C=O) groups is 1. The van der Waals surface area contributed by atoms with E-state index in [-0.39, 0.29) is 11.8 Å². The Morgan fingerprint density at radius 2 is 2.14 bits per heavy atom. The number of rotatable bonds is 5. The van der Waals surface area contributed by atoms with Gasteiger partial charge in [0.15, 0.2) is 5.82 Å². The number of nitrogens with two attached hydrogens (primary N) is 1. The van der Waals surface area contributed by atoms with Crippen molar-refractivity contribution < 1.29 is 9.32 Å². The lowest BCUT2D eigenvalue weighted by Crippen LogP contribution is -2.48. The maximum absolute atomic E-state index is 12.5. The largest absolute Gasteiger partial charge is 0.341 e. The molecule has 22 heavy (non-hydrogen) atoms. The summed E-state index contributed by atoms with van der Waals surface area (Å²) in [5.74, 6) is 2.68. The third kappa shape index (κ3) is 3.48. The molecule has 0 spiro atoms. The van der Waals surface area contributed by atoms with Crippen LogP contribution in [0.2, 0.25) is 0 Å². The Morgan fingerprint density at radius 1 is 1.36 bits per heavy atom. The van der Waals surface area contributed by atoms with E-state index in [1.54, 1.807) is 0 Å². The van der Waals surface area contributed by atoms with Gasteiger partial charge in [0.05, 0.1) is 6.04 Å². The average Bonchev–Trinajstić information content (AvgIpc) is 3.23. The first kappa shape index (κ1) is 15.5. The lowest BCUT2D eigenvalue weighted by Gasteiger charge is -2.33. The fraction of sp³-hybridized carbons (Fsp3) is 0.812. The van der Waals surface area contributed by atoms with Crippen LogP contribution >= 0.6 is 0 Å². The summed E-state index contributed by atoms with van der Waals surface area (Å²) in [6.07, 6.45) is 5.01. The highest BCUT2D eigenvalue weighted by atomic mass is 16.5. The first-order chi connectivity index (χ1) is 10.5. The van der Waals surface area contributed by atoms with Crippen molar-refractivity contribution in [1.82, 2.24) is 15.0 Å². The van der Waals surface area contributed by atoms with Gasteiger partial charge >= 0.3 is 0 Å². The summed E-state index contributed by atoms with van der Waals surface area (Å²) in [7, 11) is 0. The Bertz CT molecular complexity index is 524. The molecule has 3 rings (SSSR count). The summed E-state index contributed by atoms with van der Waals surface area (Å²) in [6.45, 7) is 5.62. The van der Waals surface area contributed by atoms with Crippen molar-refractivity contribution in [3.63, 3.8) is 0 Å². The van der Waals surface area contributed by atoms with Gasteiger partial charge in [-0.3, -0.25) is 4.79 Å². The van der Waals surface area contributed by atoms with Gasteiger partial charge in [0.1, 0.15) is 0 Å². The fourth-order valence-electron chi connectivity index (χ4n) is 3.14. The zero-order valence-corrected chi connectivity index (χ0v) is 13.5. The minimum absolute atomic E-state index is 0.0595. The lowest BCUT2D eigenvalue weighted by atomic mass is 9.95. The number of hydrogen-bond donors (Lipinski definition) is 1. The Kier molecular flexibility index (Phi) is 4.47. The molecule has 1 aromatic heterocycles. The highest BCUT2D eigenvalue weighted by Gasteiger charge is 2.33. The summed E-state index contributed by atoms with van der Waals surface area (Å²) < 4.78 is 5.35. The molecule has 1 saturated carbocycles. The van der Waals surface area contributed by atoms with Crippen LogP contribution in [-0.2, 0) is 4.79 Å². The Labute approximate surface area is 131 Å². The molecule has 1 aliphatic heterocycles. The van der Waals surface area contributed by atoms with E-state index in [0.717, 1.165) is 50.4 Å². The van der Waals surface area contributed by atoms with Gasteiger partial charge in [0.25, 0.3) is 0 Å². The monoisotopic (exact) mass is 306 g/mol. The minimum Gasteiger partial charge on any atom is -0.341 e. The third-order valence-electron chi connectivity index (χ3n) is 4.52. The third-order valence-corrected chi connectivity index (χ3v) is 4.52. The molecule has 1 amide bonds. The smallest absolute Gasteiger partial charge is 0.239 e. The number of nitrogens with zero attached hydrogens (tertiary/aromatic N) is 3. The van der Waals surface area contributed by atoms with Gasteiger partial charge in [-0.1, -0.05) is 19.0 Å². The molecule has 1 aromatic rings. The van der Waals surface area contributed by atoms with E-state index in [4.69, 9.17) is 10.3 Å². The van der Waals surface area contributed by atoms with Gasteiger partial charge in [-0.05, 0) is 38.0 Å². The van der Waals surface area contributed by atoms with Gasteiger partial charge in [-0.25, -0.2) is 0 Å². The van der Waals surface area contributed by atoms with E-state index in [0.29, 0.717) is 18.4 Å². The zero-order chi connectivity index (χ0) is 15.7. The van der Waals surface area contributed by atoms with E-state index in [1.807, 2.05) is 4.90 Å². The maximum atomic E-state index is 12.5. The van der Waals surface area contributed by atoms with Crippen molar-refractivity contribution in [2.24, 2.45) is 11.7 Å².